The summed E-state index contributed by atoms with van der Waals surface area (Å²) in [5.41, 5.74) is 3.86. The molecule has 8 nitrogen and oxygen atoms in total. The molecule has 0 aromatic heterocycles. The van der Waals surface area contributed by atoms with Gasteiger partial charge >= 0.3 is 11.9 Å². The van der Waals surface area contributed by atoms with E-state index in [4.69, 9.17) is 15.9 Å². The topological polar surface area (TPSA) is 147 Å². The molecule has 0 aliphatic rings. The van der Waals surface area contributed by atoms with E-state index in [0.29, 0.717) is 0 Å². The first-order valence-electron chi connectivity index (χ1n) is 5.17. The number of ketones is 1. The Morgan fingerprint density at radius 2 is 1.89 bits per heavy atom. The maximum atomic E-state index is 11.9. The van der Waals surface area contributed by atoms with Crippen molar-refractivity contribution in [2.24, 2.45) is 5.73 Å². The van der Waals surface area contributed by atoms with E-state index in [0.717, 1.165) is 0 Å². The molecule has 102 valence electrons. The van der Waals surface area contributed by atoms with Crippen LogP contribution in [-0.4, -0.2) is 45.9 Å². The molecule has 0 aliphatic carbocycles. The third-order valence-corrected chi connectivity index (χ3v) is 2.43. The van der Waals surface area contributed by atoms with Crippen LogP contribution in [0, 0.1) is 0 Å². The Morgan fingerprint density at radius 1 is 1.33 bits per heavy atom. The second kappa shape index (κ2) is 6.70. The summed E-state index contributed by atoms with van der Waals surface area (Å²) in [5.74, 6) is -3.09. The molecule has 5 N–H and O–H groups in total. The van der Waals surface area contributed by atoms with Crippen molar-refractivity contribution in [3.05, 3.63) is 0 Å². The van der Waals surface area contributed by atoms with Gasteiger partial charge in [-0.25, -0.2) is 0 Å². The lowest BCUT2D eigenvalue weighted by Crippen LogP contribution is -2.56. The normalized spacial score (nSPS) is 15.2. The number of carboxylic acid groups (broad SMARTS) is 2. The quantitative estimate of drug-likeness (QED) is 0.378. The number of Topliss-reactive ketones (excluding diaryl/α,β-unsaturated/α-hetero) is 1. The first-order chi connectivity index (χ1) is 8.23. The summed E-state index contributed by atoms with van der Waals surface area (Å²) in [7, 11) is 0. The van der Waals surface area contributed by atoms with Crippen LogP contribution in [0.3, 0.4) is 0 Å². The fourth-order valence-corrected chi connectivity index (χ4v) is 1.46. The molecule has 0 fully saturated rings. The van der Waals surface area contributed by atoms with Crippen LogP contribution < -0.4 is 11.1 Å². The van der Waals surface area contributed by atoms with Crippen molar-refractivity contribution < 1.29 is 29.4 Å². The highest BCUT2D eigenvalue weighted by molar-refractivity contribution is 5.96. The molecule has 1 amide bonds. The zero-order valence-corrected chi connectivity index (χ0v) is 9.88. The lowest BCUT2D eigenvalue weighted by atomic mass is 9.87. The molecular formula is C10H16N2O6. The standard InChI is InChI=1S/C10H16N2O6/c1-10(12-5-13,4-8(16)17)9(18)6(11)2-3-7(14)15/h5-6H,2-4,11H2,1H3,(H,12,13)(H,14,15)(H,16,17)/t6?,10-/m1/s1. The van der Waals surface area contributed by atoms with Crippen LogP contribution >= 0.6 is 0 Å². The van der Waals surface area contributed by atoms with Crippen LogP contribution in [0.25, 0.3) is 0 Å². The SMILES string of the molecule is C[C@](CC(=O)O)(NC=O)C(=O)C(N)CCC(=O)O. The van der Waals surface area contributed by atoms with Crippen LogP contribution in [0.5, 0.6) is 0 Å². The van der Waals surface area contributed by atoms with Gasteiger partial charge in [0.25, 0.3) is 0 Å². The summed E-state index contributed by atoms with van der Waals surface area (Å²) in [6, 6.07) is -1.14. The number of hydrogen-bond donors (Lipinski definition) is 4. The van der Waals surface area contributed by atoms with E-state index in [1.807, 2.05) is 0 Å². The molecule has 8 heteroatoms. The second-order valence-electron chi connectivity index (χ2n) is 4.07. The van der Waals surface area contributed by atoms with Gasteiger partial charge in [0.1, 0.15) is 5.54 Å². The van der Waals surface area contributed by atoms with Gasteiger partial charge in [0.05, 0.1) is 12.5 Å². The molecule has 0 radical (unpaired) electrons. The van der Waals surface area contributed by atoms with Crippen LogP contribution in [0.15, 0.2) is 0 Å². The van der Waals surface area contributed by atoms with Gasteiger partial charge in [-0.2, -0.15) is 0 Å². The van der Waals surface area contributed by atoms with Crippen LogP contribution in [0.2, 0.25) is 0 Å². The van der Waals surface area contributed by atoms with E-state index < -0.39 is 35.7 Å². The Hall–Kier alpha value is -1.96. The smallest absolute Gasteiger partial charge is 0.306 e. The van der Waals surface area contributed by atoms with Crippen LogP contribution in [0.4, 0.5) is 0 Å². The predicted octanol–water partition coefficient (Wildman–Crippen LogP) is -1.27. The largest absolute Gasteiger partial charge is 0.481 e. The minimum atomic E-state index is -1.63. The van der Waals surface area contributed by atoms with E-state index in [1.165, 1.54) is 6.92 Å². The number of carbonyl (C=O) groups is 4. The first-order valence-corrected chi connectivity index (χ1v) is 5.17. The third-order valence-electron chi connectivity index (χ3n) is 2.43. The molecule has 0 bridgehead atoms. The number of rotatable bonds is 9. The van der Waals surface area contributed by atoms with Crippen LogP contribution in [-0.2, 0) is 19.2 Å². The molecule has 0 aromatic rings. The van der Waals surface area contributed by atoms with Crippen molar-refractivity contribution in [1.82, 2.24) is 5.32 Å². The fraction of sp³-hybridized carbons (Fsp3) is 0.600. The zero-order chi connectivity index (χ0) is 14.3. The monoisotopic (exact) mass is 260 g/mol. The Labute approximate surface area is 103 Å². The van der Waals surface area contributed by atoms with E-state index >= 15 is 0 Å². The maximum Gasteiger partial charge on any atom is 0.306 e. The van der Waals surface area contributed by atoms with Gasteiger partial charge < -0.3 is 21.3 Å². The molecule has 2 atom stereocenters. The average Bonchev–Trinajstić information content (AvgIpc) is 2.23. The second-order valence-corrected chi connectivity index (χ2v) is 4.07. The van der Waals surface area contributed by atoms with E-state index in [-0.39, 0.29) is 19.3 Å². The Balaban J connectivity index is 4.78. The summed E-state index contributed by atoms with van der Waals surface area (Å²) in [4.78, 5) is 43.3. The van der Waals surface area contributed by atoms with E-state index in [9.17, 15) is 19.2 Å². The van der Waals surface area contributed by atoms with E-state index in [1.54, 1.807) is 0 Å². The third kappa shape index (κ3) is 4.91. The molecule has 0 aliphatic heterocycles. The highest BCUT2D eigenvalue weighted by Gasteiger charge is 2.38. The van der Waals surface area contributed by atoms with Crippen molar-refractivity contribution in [2.45, 2.75) is 37.8 Å². The number of carbonyl (C=O) groups excluding carboxylic acids is 2. The zero-order valence-electron chi connectivity index (χ0n) is 9.88. The molecule has 0 saturated carbocycles. The predicted molar refractivity (Wildman–Crippen MR) is 59.7 cm³/mol. The fourth-order valence-electron chi connectivity index (χ4n) is 1.46. The lowest BCUT2D eigenvalue weighted by molar-refractivity contribution is -0.143. The van der Waals surface area contributed by atoms with Gasteiger partial charge in [-0.1, -0.05) is 0 Å². The molecule has 18 heavy (non-hydrogen) atoms. The molecular weight excluding hydrogens is 244 g/mol. The highest BCUT2D eigenvalue weighted by Crippen LogP contribution is 2.14. The molecule has 0 rings (SSSR count). The minimum absolute atomic E-state index is 0.121. The minimum Gasteiger partial charge on any atom is -0.481 e. The van der Waals surface area contributed by atoms with Gasteiger partial charge in [0.15, 0.2) is 5.78 Å². The summed E-state index contributed by atoms with van der Waals surface area (Å²) >= 11 is 0. The molecule has 0 aromatic carbocycles. The number of aliphatic carboxylic acids is 2. The van der Waals surface area contributed by atoms with Crippen LogP contribution in [0.1, 0.15) is 26.2 Å². The Kier molecular flexibility index (Phi) is 5.97. The summed E-state index contributed by atoms with van der Waals surface area (Å²) in [5, 5.41) is 19.3. The van der Waals surface area contributed by atoms with Gasteiger partial charge in [-0.3, -0.25) is 19.2 Å². The summed E-state index contributed by atoms with van der Waals surface area (Å²) in [6.07, 6.45) is -0.836. The Bertz CT molecular complexity index is 356. The van der Waals surface area contributed by atoms with Crippen molar-refractivity contribution in [1.29, 1.82) is 0 Å². The first kappa shape index (κ1) is 16.0. The lowest BCUT2D eigenvalue weighted by Gasteiger charge is -2.28. The van der Waals surface area contributed by atoms with Gasteiger partial charge in [-0.05, 0) is 13.3 Å². The van der Waals surface area contributed by atoms with E-state index in [2.05, 4.69) is 5.32 Å². The van der Waals surface area contributed by atoms with Crippen molar-refractivity contribution >= 4 is 24.1 Å². The highest BCUT2D eigenvalue weighted by atomic mass is 16.4. The van der Waals surface area contributed by atoms with Gasteiger partial charge in [0.2, 0.25) is 6.41 Å². The number of amides is 1. The molecule has 0 spiro atoms. The van der Waals surface area contributed by atoms with Crippen molar-refractivity contribution in [3.8, 4) is 0 Å². The number of nitrogens with two attached hydrogens (primary N) is 1. The van der Waals surface area contributed by atoms with Crippen molar-refractivity contribution in [2.75, 3.05) is 0 Å². The summed E-state index contributed by atoms with van der Waals surface area (Å²) in [6.45, 7) is 1.23. The number of hydrogen-bond acceptors (Lipinski definition) is 5. The number of carboxylic acids is 2. The molecule has 1 unspecified atom stereocenters. The molecule has 0 saturated heterocycles. The molecule has 0 heterocycles. The van der Waals surface area contributed by atoms with Gasteiger partial charge in [0, 0.05) is 6.42 Å². The summed E-state index contributed by atoms with van der Waals surface area (Å²) < 4.78 is 0. The van der Waals surface area contributed by atoms with Crippen molar-refractivity contribution in [3.63, 3.8) is 0 Å². The number of nitrogens with one attached hydrogen (secondary N) is 1. The van der Waals surface area contributed by atoms with Gasteiger partial charge in [-0.15, -0.1) is 0 Å². The average molecular weight is 260 g/mol. The maximum absolute atomic E-state index is 11.9. The Morgan fingerprint density at radius 3 is 2.28 bits per heavy atom.